The molecule has 0 fully saturated rings. The highest BCUT2D eigenvalue weighted by Gasteiger charge is 2.30. The molecule has 0 amide bonds. The van der Waals surface area contributed by atoms with Gasteiger partial charge >= 0.3 is 12.1 Å². The third kappa shape index (κ3) is 5.34. The van der Waals surface area contributed by atoms with Gasteiger partial charge in [0, 0.05) is 17.5 Å². The van der Waals surface area contributed by atoms with Crippen molar-refractivity contribution in [2.45, 2.75) is 13.1 Å². The number of benzene rings is 2. The summed E-state index contributed by atoms with van der Waals surface area (Å²) in [4.78, 5) is 24.8. The first-order chi connectivity index (χ1) is 12.7. The van der Waals surface area contributed by atoms with Crippen molar-refractivity contribution in [3.05, 3.63) is 76.5 Å². The Labute approximate surface area is 158 Å². The van der Waals surface area contributed by atoms with Crippen molar-refractivity contribution in [2.24, 2.45) is 0 Å². The topological polar surface area (TPSA) is 55.4 Å². The molecule has 0 saturated carbocycles. The van der Waals surface area contributed by atoms with E-state index in [1.54, 1.807) is 19.1 Å². The van der Waals surface area contributed by atoms with Gasteiger partial charge in [0.25, 0.3) is 0 Å². The molecule has 0 aromatic heterocycles. The lowest BCUT2D eigenvalue weighted by molar-refractivity contribution is -0.138. The normalized spacial score (nSPS) is 11.8. The summed E-state index contributed by atoms with van der Waals surface area (Å²) < 4.78 is 42.7. The number of hydrogen-bond acceptors (Lipinski definition) is 4. The number of carbonyl (C=O) groups excluding carboxylic acids is 2. The minimum atomic E-state index is -4.45. The molecule has 0 aliphatic rings. The Morgan fingerprint density at radius 2 is 1.74 bits per heavy atom. The Morgan fingerprint density at radius 1 is 1.11 bits per heavy atom. The summed E-state index contributed by atoms with van der Waals surface area (Å²) in [5.41, 5.74) is -0.774. The van der Waals surface area contributed by atoms with Crippen LogP contribution in [0.2, 0.25) is 5.02 Å². The fourth-order valence-electron chi connectivity index (χ4n) is 2.13. The lowest BCUT2D eigenvalue weighted by Gasteiger charge is -2.10. The van der Waals surface area contributed by atoms with Gasteiger partial charge in [-0.25, -0.2) is 4.79 Å². The Bertz CT molecular complexity index is 861. The molecule has 0 spiro atoms. The van der Waals surface area contributed by atoms with E-state index in [9.17, 15) is 22.8 Å². The Kier molecular flexibility index (Phi) is 6.63. The Balaban J connectivity index is 2.30. The number of esters is 1. The van der Waals surface area contributed by atoms with Gasteiger partial charge in [-0.1, -0.05) is 23.7 Å². The highest BCUT2D eigenvalue weighted by Crippen LogP contribution is 2.30. The highest BCUT2D eigenvalue weighted by atomic mass is 35.5. The average Bonchev–Trinajstić information content (AvgIpc) is 2.62. The molecule has 27 heavy (non-hydrogen) atoms. The zero-order valence-electron chi connectivity index (χ0n) is 14.1. The summed E-state index contributed by atoms with van der Waals surface area (Å²) in [5.74, 6) is -1.54. The van der Waals surface area contributed by atoms with E-state index >= 15 is 0 Å². The first-order valence-corrected chi connectivity index (χ1v) is 8.22. The molecule has 0 saturated heterocycles. The molecule has 0 unspecified atom stereocenters. The first-order valence-electron chi connectivity index (χ1n) is 7.84. The molecule has 142 valence electrons. The van der Waals surface area contributed by atoms with Crippen molar-refractivity contribution in [2.75, 3.05) is 11.9 Å². The van der Waals surface area contributed by atoms with E-state index < -0.39 is 23.5 Å². The summed E-state index contributed by atoms with van der Waals surface area (Å²) in [6.45, 7) is 1.63. The van der Waals surface area contributed by atoms with Crippen molar-refractivity contribution in [3.8, 4) is 0 Å². The maximum Gasteiger partial charge on any atom is 0.416 e. The summed E-state index contributed by atoms with van der Waals surface area (Å²) in [6, 6.07) is 10.3. The van der Waals surface area contributed by atoms with Gasteiger partial charge in [0.2, 0.25) is 5.78 Å². The second kappa shape index (κ2) is 8.73. The number of ether oxygens (including phenoxy) is 1. The number of ketones is 1. The molecular weight excluding hydrogens is 383 g/mol. The molecule has 0 atom stereocenters. The van der Waals surface area contributed by atoms with E-state index in [4.69, 9.17) is 16.3 Å². The van der Waals surface area contributed by atoms with Crippen LogP contribution >= 0.6 is 11.6 Å². The molecule has 2 aromatic rings. The van der Waals surface area contributed by atoms with E-state index in [1.165, 1.54) is 24.3 Å². The number of Topliss-reactive ketones (excluding diaryl/α,β-unsaturated/α-hetero) is 1. The van der Waals surface area contributed by atoms with E-state index in [2.05, 4.69) is 5.32 Å². The van der Waals surface area contributed by atoms with Crippen LogP contribution in [0, 0.1) is 0 Å². The SMILES string of the molecule is CCOC(=O)/C(=C/Nc1ccc(C(F)(F)F)cc1)C(=O)c1ccccc1Cl. The van der Waals surface area contributed by atoms with Crippen LogP contribution in [0.4, 0.5) is 18.9 Å². The summed E-state index contributed by atoms with van der Waals surface area (Å²) >= 11 is 6.00. The molecule has 1 N–H and O–H groups in total. The Morgan fingerprint density at radius 3 is 2.30 bits per heavy atom. The van der Waals surface area contributed by atoms with Crippen molar-refractivity contribution in [3.63, 3.8) is 0 Å². The van der Waals surface area contributed by atoms with Gasteiger partial charge in [0.1, 0.15) is 5.57 Å². The molecule has 8 heteroatoms. The molecule has 2 aromatic carbocycles. The third-order valence-electron chi connectivity index (χ3n) is 3.45. The fourth-order valence-corrected chi connectivity index (χ4v) is 2.35. The lowest BCUT2D eigenvalue weighted by atomic mass is 10.0. The zero-order valence-corrected chi connectivity index (χ0v) is 14.9. The number of anilines is 1. The van der Waals surface area contributed by atoms with Gasteiger partial charge in [0.15, 0.2) is 0 Å². The van der Waals surface area contributed by atoms with Crippen LogP contribution < -0.4 is 5.32 Å². The number of nitrogens with one attached hydrogen (secondary N) is 1. The quantitative estimate of drug-likeness (QED) is 0.242. The summed E-state index contributed by atoms with van der Waals surface area (Å²) in [6.07, 6.45) is -3.36. The second-order valence-electron chi connectivity index (χ2n) is 5.31. The predicted octanol–water partition coefficient (Wildman–Crippen LogP) is 5.10. The molecule has 0 bridgehead atoms. The smallest absolute Gasteiger partial charge is 0.416 e. The number of hydrogen-bond donors (Lipinski definition) is 1. The van der Waals surface area contributed by atoms with Gasteiger partial charge in [-0.3, -0.25) is 4.79 Å². The second-order valence-corrected chi connectivity index (χ2v) is 5.71. The van der Waals surface area contributed by atoms with Crippen LogP contribution in [0.5, 0.6) is 0 Å². The largest absolute Gasteiger partial charge is 0.462 e. The van der Waals surface area contributed by atoms with Gasteiger partial charge in [-0.05, 0) is 43.3 Å². The average molecular weight is 398 g/mol. The lowest BCUT2D eigenvalue weighted by Crippen LogP contribution is -2.18. The molecule has 0 radical (unpaired) electrons. The van der Waals surface area contributed by atoms with E-state index in [1.807, 2.05) is 0 Å². The van der Waals surface area contributed by atoms with Crippen LogP contribution in [0.25, 0.3) is 0 Å². The molecule has 0 aliphatic carbocycles. The zero-order chi connectivity index (χ0) is 20.0. The van der Waals surface area contributed by atoms with E-state index in [0.29, 0.717) is 0 Å². The van der Waals surface area contributed by atoms with E-state index in [-0.39, 0.29) is 28.5 Å². The number of halogens is 4. The minimum Gasteiger partial charge on any atom is -0.462 e. The highest BCUT2D eigenvalue weighted by molar-refractivity contribution is 6.36. The number of carbonyl (C=O) groups is 2. The molecule has 0 heterocycles. The van der Waals surface area contributed by atoms with Crippen LogP contribution in [-0.4, -0.2) is 18.4 Å². The number of rotatable bonds is 6. The minimum absolute atomic E-state index is 0.0479. The Hall–Kier alpha value is -2.80. The first kappa shape index (κ1) is 20.5. The monoisotopic (exact) mass is 397 g/mol. The van der Waals surface area contributed by atoms with Crippen LogP contribution in [0.3, 0.4) is 0 Å². The van der Waals surface area contributed by atoms with Crippen LogP contribution in [0.15, 0.2) is 60.3 Å². The third-order valence-corrected chi connectivity index (χ3v) is 3.78. The van der Waals surface area contributed by atoms with Crippen LogP contribution in [0.1, 0.15) is 22.8 Å². The fraction of sp³-hybridized carbons (Fsp3) is 0.158. The van der Waals surface area contributed by atoms with E-state index in [0.717, 1.165) is 18.3 Å². The molecule has 4 nitrogen and oxygen atoms in total. The van der Waals surface area contributed by atoms with Crippen molar-refractivity contribution >= 4 is 29.0 Å². The van der Waals surface area contributed by atoms with Gasteiger partial charge in [0.05, 0.1) is 17.2 Å². The summed E-state index contributed by atoms with van der Waals surface area (Å²) in [7, 11) is 0. The van der Waals surface area contributed by atoms with Crippen LogP contribution in [-0.2, 0) is 15.7 Å². The molecule has 0 aliphatic heterocycles. The number of alkyl halides is 3. The van der Waals surface area contributed by atoms with Gasteiger partial charge < -0.3 is 10.1 Å². The molecule has 2 rings (SSSR count). The van der Waals surface area contributed by atoms with Gasteiger partial charge in [-0.15, -0.1) is 0 Å². The summed E-state index contributed by atoms with van der Waals surface area (Å²) in [5, 5.41) is 2.80. The van der Waals surface area contributed by atoms with Crippen molar-refractivity contribution in [1.82, 2.24) is 0 Å². The van der Waals surface area contributed by atoms with Gasteiger partial charge in [-0.2, -0.15) is 13.2 Å². The maximum absolute atomic E-state index is 12.6. The maximum atomic E-state index is 12.6. The molecular formula is C19H15ClF3NO3. The predicted molar refractivity (Wildman–Crippen MR) is 95.6 cm³/mol. The standard InChI is InChI=1S/C19H15ClF3NO3/c1-2-27-18(26)15(17(25)14-5-3-4-6-16(14)20)11-24-13-9-7-12(8-10-13)19(21,22)23/h3-11,24H,2H2,1H3/b15-11+. The van der Waals surface area contributed by atoms with Crippen molar-refractivity contribution in [1.29, 1.82) is 0 Å². The van der Waals surface area contributed by atoms with Crippen molar-refractivity contribution < 1.29 is 27.5 Å².